The summed E-state index contributed by atoms with van der Waals surface area (Å²) in [5.74, 6) is 0.608. The lowest BCUT2D eigenvalue weighted by molar-refractivity contribution is -0.120. The Kier molecular flexibility index (Phi) is 7.11. The van der Waals surface area contributed by atoms with Crippen molar-refractivity contribution < 1.29 is 9.53 Å². The van der Waals surface area contributed by atoms with Gasteiger partial charge in [-0.25, -0.2) is 4.98 Å². The monoisotopic (exact) mass is 431 g/mol. The molecule has 3 rings (SSSR count). The van der Waals surface area contributed by atoms with E-state index in [-0.39, 0.29) is 12.5 Å². The minimum absolute atomic E-state index is 0.0323. The number of para-hydroxylation sites is 1. The lowest BCUT2D eigenvalue weighted by Crippen LogP contribution is -2.36. The lowest BCUT2D eigenvalue weighted by Gasteiger charge is -2.21. The quantitative estimate of drug-likeness (QED) is 0.507. The third-order valence-electron chi connectivity index (χ3n) is 4.65. The van der Waals surface area contributed by atoms with Gasteiger partial charge in [0.15, 0.2) is 11.7 Å². The van der Waals surface area contributed by atoms with Crippen molar-refractivity contribution in [3.63, 3.8) is 0 Å². The Balaban J connectivity index is 1.84. The molecule has 0 aliphatic rings. The number of fused-ring (bicyclic) bond motifs is 1. The number of anilines is 1. The van der Waals surface area contributed by atoms with Crippen LogP contribution >= 0.6 is 22.9 Å². The van der Waals surface area contributed by atoms with Crippen LogP contribution in [0.25, 0.3) is 10.2 Å². The highest BCUT2D eigenvalue weighted by Crippen LogP contribution is 2.35. The second kappa shape index (κ2) is 9.57. The summed E-state index contributed by atoms with van der Waals surface area (Å²) < 4.78 is 6.71. The number of nitrogens with zero attached hydrogens (tertiary/aromatic N) is 3. The Morgan fingerprint density at radius 3 is 2.55 bits per heavy atom. The Morgan fingerprint density at radius 2 is 1.86 bits per heavy atom. The van der Waals surface area contributed by atoms with Crippen LogP contribution in [0.15, 0.2) is 36.4 Å². The van der Waals surface area contributed by atoms with Crippen LogP contribution in [0.1, 0.15) is 17.5 Å². The molecule has 0 radical (unpaired) electrons. The maximum Gasteiger partial charge on any atom is 0.266 e. The summed E-state index contributed by atoms with van der Waals surface area (Å²) in [7, 11) is 4.04. The minimum atomic E-state index is -0.111. The molecule has 0 fully saturated rings. The normalized spacial score (nSPS) is 11.2. The molecule has 0 bridgehead atoms. The fourth-order valence-corrected chi connectivity index (χ4v) is 4.37. The number of amides is 1. The number of carbonyl (C=O) groups excluding carboxylic acids is 1. The second-order valence-corrected chi connectivity index (χ2v) is 8.68. The van der Waals surface area contributed by atoms with Crippen molar-refractivity contribution in [2.45, 2.75) is 20.3 Å². The van der Waals surface area contributed by atoms with Gasteiger partial charge in [0.1, 0.15) is 5.75 Å². The molecule has 1 heterocycles. The molecule has 5 nitrogen and oxygen atoms in total. The van der Waals surface area contributed by atoms with Crippen LogP contribution in [0.4, 0.5) is 5.13 Å². The molecule has 1 amide bonds. The van der Waals surface area contributed by atoms with Gasteiger partial charge in [0.05, 0.1) is 15.2 Å². The van der Waals surface area contributed by atoms with E-state index in [1.807, 2.05) is 64.3 Å². The third kappa shape index (κ3) is 5.26. The van der Waals surface area contributed by atoms with Crippen molar-refractivity contribution in [1.82, 2.24) is 9.88 Å². The molecular formula is C22H26ClN3O2S. The smallest absolute Gasteiger partial charge is 0.266 e. The number of thiazole rings is 1. The van der Waals surface area contributed by atoms with Crippen molar-refractivity contribution in [3.05, 3.63) is 52.5 Å². The molecule has 3 aromatic rings. The van der Waals surface area contributed by atoms with Crippen LogP contribution in [-0.4, -0.2) is 49.6 Å². The summed E-state index contributed by atoms with van der Waals surface area (Å²) in [5, 5.41) is 1.32. The number of halogens is 1. The number of carbonyl (C=O) groups is 1. The van der Waals surface area contributed by atoms with Gasteiger partial charge in [0, 0.05) is 6.54 Å². The first-order valence-electron chi connectivity index (χ1n) is 9.56. The van der Waals surface area contributed by atoms with Crippen molar-refractivity contribution in [2.75, 3.05) is 38.7 Å². The maximum atomic E-state index is 13.1. The molecule has 0 aliphatic heterocycles. The van der Waals surface area contributed by atoms with Crippen LogP contribution in [-0.2, 0) is 4.79 Å². The minimum Gasteiger partial charge on any atom is -0.483 e. The first-order chi connectivity index (χ1) is 13.9. The van der Waals surface area contributed by atoms with E-state index in [4.69, 9.17) is 21.3 Å². The van der Waals surface area contributed by atoms with Gasteiger partial charge in [0.25, 0.3) is 5.91 Å². The highest BCUT2D eigenvalue weighted by Gasteiger charge is 2.21. The first kappa shape index (κ1) is 21.6. The zero-order valence-corrected chi connectivity index (χ0v) is 18.8. The number of ether oxygens (including phenoxy) is 1. The van der Waals surface area contributed by atoms with Crippen molar-refractivity contribution >= 4 is 44.2 Å². The number of rotatable bonds is 8. The SMILES string of the molecule is Cc1ccccc1OCC(=O)N(CCCN(C)C)c1nc2c(C)ccc(Cl)c2s1. The number of aryl methyl sites for hydroxylation is 2. The van der Waals surface area contributed by atoms with E-state index >= 15 is 0 Å². The van der Waals surface area contributed by atoms with Gasteiger partial charge in [-0.3, -0.25) is 9.69 Å². The second-order valence-electron chi connectivity index (χ2n) is 7.29. The summed E-state index contributed by atoms with van der Waals surface area (Å²) in [6.07, 6.45) is 0.839. The Labute approximate surface area is 180 Å². The Hall–Kier alpha value is -2.15. The van der Waals surface area contributed by atoms with E-state index < -0.39 is 0 Å². The summed E-state index contributed by atoms with van der Waals surface area (Å²) in [6, 6.07) is 11.5. The summed E-state index contributed by atoms with van der Waals surface area (Å²) in [6.45, 7) is 5.39. The van der Waals surface area contributed by atoms with Crippen molar-refractivity contribution in [2.24, 2.45) is 0 Å². The van der Waals surface area contributed by atoms with Crippen LogP contribution < -0.4 is 9.64 Å². The average Bonchev–Trinajstić information content (AvgIpc) is 3.13. The van der Waals surface area contributed by atoms with E-state index in [1.54, 1.807) is 4.90 Å². The van der Waals surface area contributed by atoms with Gasteiger partial charge in [-0.15, -0.1) is 0 Å². The first-order valence-corrected chi connectivity index (χ1v) is 10.8. The molecule has 29 heavy (non-hydrogen) atoms. The number of hydrogen-bond acceptors (Lipinski definition) is 5. The van der Waals surface area contributed by atoms with E-state index in [2.05, 4.69) is 4.90 Å². The van der Waals surface area contributed by atoms with E-state index in [0.29, 0.717) is 16.7 Å². The molecule has 0 saturated heterocycles. The molecule has 1 aromatic heterocycles. The van der Waals surface area contributed by atoms with Crippen molar-refractivity contribution in [1.29, 1.82) is 0 Å². The highest BCUT2D eigenvalue weighted by atomic mass is 35.5. The predicted octanol–water partition coefficient (Wildman–Crippen LogP) is 4.93. The van der Waals surface area contributed by atoms with Gasteiger partial charge in [0.2, 0.25) is 0 Å². The van der Waals surface area contributed by atoms with E-state index in [0.717, 1.165) is 40.1 Å². The molecule has 7 heteroatoms. The zero-order chi connectivity index (χ0) is 21.0. The van der Waals surface area contributed by atoms with Gasteiger partial charge < -0.3 is 9.64 Å². The van der Waals surface area contributed by atoms with Gasteiger partial charge >= 0.3 is 0 Å². The molecule has 2 aromatic carbocycles. The molecule has 0 aliphatic carbocycles. The van der Waals surface area contributed by atoms with Crippen LogP contribution in [0.2, 0.25) is 5.02 Å². The largest absolute Gasteiger partial charge is 0.483 e. The number of aromatic nitrogens is 1. The summed E-state index contributed by atoms with van der Waals surface area (Å²) in [4.78, 5) is 21.6. The number of benzene rings is 2. The fraction of sp³-hybridized carbons (Fsp3) is 0.364. The van der Waals surface area contributed by atoms with Crippen LogP contribution in [0.5, 0.6) is 5.75 Å². The molecule has 0 saturated carbocycles. The molecule has 0 unspecified atom stereocenters. The van der Waals surface area contributed by atoms with Gasteiger partial charge in [-0.2, -0.15) is 0 Å². The van der Waals surface area contributed by atoms with Crippen LogP contribution in [0.3, 0.4) is 0 Å². The van der Waals surface area contributed by atoms with E-state index in [9.17, 15) is 4.79 Å². The van der Waals surface area contributed by atoms with E-state index in [1.165, 1.54) is 11.3 Å². The molecule has 154 valence electrons. The summed E-state index contributed by atoms with van der Waals surface area (Å²) >= 11 is 7.82. The molecular weight excluding hydrogens is 406 g/mol. The predicted molar refractivity (Wildman–Crippen MR) is 122 cm³/mol. The standard InChI is InChI=1S/C22H26ClN3O2S/c1-15-8-5-6-9-18(15)28-14-19(27)26(13-7-12-25(3)4)22-24-20-16(2)10-11-17(23)21(20)29-22/h5-6,8-11H,7,12-14H2,1-4H3. The Bertz CT molecular complexity index is 964. The maximum absolute atomic E-state index is 13.1. The van der Waals surface area contributed by atoms with Gasteiger partial charge in [-0.1, -0.05) is 47.2 Å². The lowest BCUT2D eigenvalue weighted by atomic mass is 10.2. The van der Waals surface area contributed by atoms with Gasteiger partial charge in [-0.05, 0) is 64.2 Å². The highest BCUT2D eigenvalue weighted by molar-refractivity contribution is 7.23. The molecule has 0 N–H and O–H groups in total. The zero-order valence-electron chi connectivity index (χ0n) is 17.2. The summed E-state index contributed by atoms with van der Waals surface area (Å²) in [5.41, 5.74) is 2.90. The topological polar surface area (TPSA) is 45.7 Å². The third-order valence-corrected chi connectivity index (χ3v) is 6.19. The molecule has 0 spiro atoms. The van der Waals surface area contributed by atoms with Crippen molar-refractivity contribution in [3.8, 4) is 5.75 Å². The average molecular weight is 432 g/mol. The number of hydrogen-bond donors (Lipinski definition) is 0. The fourth-order valence-electron chi connectivity index (χ4n) is 3.01. The van der Waals surface area contributed by atoms with Crippen LogP contribution in [0, 0.1) is 13.8 Å². The molecule has 0 atom stereocenters. The Morgan fingerprint density at radius 1 is 1.10 bits per heavy atom.